The smallest absolute Gasteiger partial charge is 0.318 e. The minimum atomic E-state index is -4.51. The van der Waals surface area contributed by atoms with Crippen LogP contribution in [-0.2, 0) is 14.8 Å². The number of carboxylic acids is 1. The maximum Gasteiger partial charge on any atom is 0.318 e. The lowest BCUT2D eigenvalue weighted by Gasteiger charge is -2.19. The molecule has 0 amide bonds. The Morgan fingerprint density at radius 1 is 1.45 bits per heavy atom. The van der Waals surface area contributed by atoms with Gasteiger partial charge in [-0.25, -0.2) is 17.2 Å². The largest absolute Gasteiger partial charge is 0.480 e. The number of aliphatic carboxylic acids is 1. The van der Waals surface area contributed by atoms with Crippen molar-refractivity contribution in [2.24, 2.45) is 0 Å². The summed E-state index contributed by atoms with van der Waals surface area (Å²) in [5.41, 5.74) is 0. The van der Waals surface area contributed by atoms with Gasteiger partial charge in [-0.1, -0.05) is 5.92 Å². The fourth-order valence-corrected chi connectivity index (χ4v) is 3.80. The van der Waals surface area contributed by atoms with Crippen molar-refractivity contribution in [2.75, 3.05) is 13.1 Å². The highest BCUT2D eigenvalue weighted by Gasteiger charge is 2.31. The summed E-state index contributed by atoms with van der Waals surface area (Å²) < 4.78 is 51.0. The first-order valence-electron chi connectivity index (χ1n) is 5.00. The van der Waals surface area contributed by atoms with Crippen LogP contribution in [0, 0.1) is 24.0 Å². The second-order valence-corrected chi connectivity index (χ2v) is 6.30. The van der Waals surface area contributed by atoms with Crippen molar-refractivity contribution in [3.05, 3.63) is 28.2 Å². The van der Waals surface area contributed by atoms with Crippen LogP contribution in [0.2, 0.25) is 0 Å². The zero-order chi connectivity index (χ0) is 15.5. The molecule has 20 heavy (non-hydrogen) atoms. The molecule has 0 unspecified atom stereocenters. The van der Waals surface area contributed by atoms with Gasteiger partial charge in [-0.2, -0.15) is 4.31 Å². The summed E-state index contributed by atoms with van der Waals surface area (Å²) in [7, 11) is -4.51. The molecule has 1 N–H and O–H groups in total. The van der Waals surface area contributed by atoms with Crippen LogP contribution in [0.4, 0.5) is 8.78 Å². The fraction of sp³-hybridized carbons (Fsp3) is 0.182. The van der Waals surface area contributed by atoms with Crippen LogP contribution < -0.4 is 0 Å². The van der Waals surface area contributed by atoms with Crippen LogP contribution in [0.15, 0.2) is 21.5 Å². The molecule has 0 atom stereocenters. The number of carbonyl (C=O) groups is 1. The molecule has 5 nitrogen and oxygen atoms in total. The molecular weight excluding hydrogens is 360 g/mol. The number of terminal acetylenes is 1. The van der Waals surface area contributed by atoms with E-state index >= 15 is 0 Å². The summed E-state index contributed by atoms with van der Waals surface area (Å²) in [6.45, 7) is -1.49. The molecule has 0 aromatic heterocycles. The van der Waals surface area contributed by atoms with Crippen molar-refractivity contribution in [1.82, 2.24) is 4.31 Å². The normalized spacial score (nSPS) is 11.3. The van der Waals surface area contributed by atoms with Crippen molar-refractivity contribution in [1.29, 1.82) is 0 Å². The Hall–Kier alpha value is -1.50. The van der Waals surface area contributed by atoms with E-state index in [9.17, 15) is 22.0 Å². The second-order valence-electron chi connectivity index (χ2n) is 3.57. The molecule has 0 aliphatic heterocycles. The third kappa shape index (κ3) is 3.53. The first kappa shape index (κ1) is 16.6. The fourth-order valence-electron chi connectivity index (χ4n) is 1.38. The number of benzene rings is 1. The van der Waals surface area contributed by atoms with E-state index in [2.05, 4.69) is 15.9 Å². The summed E-state index contributed by atoms with van der Waals surface area (Å²) in [6.07, 6.45) is 4.97. The number of nitrogens with zero attached hydrogens (tertiary/aromatic N) is 1. The average molecular weight is 368 g/mol. The van der Waals surface area contributed by atoms with E-state index in [0.717, 1.165) is 6.07 Å². The predicted molar refractivity (Wildman–Crippen MR) is 69.3 cm³/mol. The number of sulfonamides is 1. The molecule has 0 spiro atoms. The van der Waals surface area contributed by atoms with Crippen LogP contribution >= 0.6 is 15.9 Å². The van der Waals surface area contributed by atoms with Gasteiger partial charge >= 0.3 is 5.97 Å². The van der Waals surface area contributed by atoms with E-state index in [1.807, 2.05) is 5.92 Å². The van der Waals surface area contributed by atoms with Gasteiger partial charge in [0.1, 0.15) is 23.1 Å². The zero-order valence-electron chi connectivity index (χ0n) is 9.81. The molecule has 0 heterocycles. The Morgan fingerprint density at radius 2 is 2.05 bits per heavy atom. The van der Waals surface area contributed by atoms with Crippen molar-refractivity contribution < 1.29 is 27.1 Å². The molecule has 0 fully saturated rings. The van der Waals surface area contributed by atoms with Crippen molar-refractivity contribution >= 4 is 31.9 Å². The highest BCUT2D eigenvalue weighted by molar-refractivity contribution is 9.10. The maximum absolute atomic E-state index is 13.7. The summed E-state index contributed by atoms with van der Waals surface area (Å²) in [4.78, 5) is 9.78. The van der Waals surface area contributed by atoms with Crippen LogP contribution in [-0.4, -0.2) is 36.9 Å². The van der Waals surface area contributed by atoms with E-state index in [1.54, 1.807) is 0 Å². The quantitative estimate of drug-likeness (QED) is 0.799. The average Bonchev–Trinajstić information content (AvgIpc) is 2.25. The van der Waals surface area contributed by atoms with Crippen molar-refractivity contribution in [3.63, 3.8) is 0 Å². The summed E-state index contributed by atoms with van der Waals surface area (Å²) in [5, 5.41) is 8.66. The van der Waals surface area contributed by atoms with Gasteiger partial charge in [0.15, 0.2) is 0 Å². The predicted octanol–water partition coefficient (Wildman–Crippen LogP) is 1.44. The monoisotopic (exact) mass is 367 g/mol. The van der Waals surface area contributed by atoms with E-state index in [1.165, 1.54) is 0 Å². The lowest BCUT2D eigenvalue weighted by atomic mass is 10.3. The van der Waals surface area contributed by atoms with Gasteiger partial charge < -0.3 is 5.11 Å². The Balaban J connectivity index is 3.41. The van der Waals surface area contributed by atoms with Gasteiger partial charge in [-0.15, -0.1) is 6.42 Å². The van der Waals surface area contributed by atoms with E-state index in [0.29, 0.717) is 10.4 Å². The molecule has 1 aromatic carbocycles. The molecule has 9 heteroatoms. The number of rotatable bonds is 5. The molecule has 0 saturated heterocycles. The summed E-state index contributed by atoms with van der Waals surface area (Å²) >= 11 is 2.73. The second kappa shape index (κ2) is 6.30. The topological polar surface area (TPSA) is 74.7 Å². The zero-order valence-corrected chi connectivity index (χ0v) is 12.2. The molecule has 0 aliphatic carbocycles. The van der Waals surface area contributed by atoms with Crippen LogP contribution in [0.5, 0.6) is 0 Å². The van der Waals surface area contributed by atoms with Gasteiger partial charge in [0, 0.05) is 10.5 Å². The molecule has 1 aromatic rings. The third-order valence-corrected chi connectivity index (χ3v) is 4.90. The van der Waals surface area contributed by atoms with E-state index in [4.69, 9.17) is 11.5 Å². The molecule has 0 radical (unpaired) electrons. The van der Waals surface area contributed by atoms with Gasteiger partial charge in [0.2, 0.25) is 10.0 Å². The maximum atomic E-state index is 13.7. The number of carboxylic acid groups (broad SMARTS) is 1. The van der Waals surface area contributed by atoms with Gasteiger partial charge in [0.25, 0.3) is 0 Å². The van der Waals surface area contributed by atoms with Crippen LogP contribution in [0.25, 0.3) is 0 Å². The van der Waals surface area contributed by atoms with Crippen molar-refractivity contribution in [2.45, 2.75) is 4.90 Å². The Labute approximate surface area is 122 Å². The van der Waals surface area contributed by atoms with Crippen LogP contribution in [0.3, 0.4) is 0 Å². The SMILES string of the molecule is C#CCN(CC(=O)O)S(=O)(=O)c1c(F)cc(F)cc1Br. The van der Waals surface area contributed by atoms with E-state index in [-0.39, 0.29) is 4.47 Å². The lowest BCUT2D eigenvalue weighted by Crippen LogP contribution is -2.36. The summed E-state index contributed by atoms with van der Waals surface area (Å²) in [5.74, 6) is -1.81. The first-order chi connectivity index (χ1) is 9.20. The minimum Gasteiger partial charge on any atom is -0.480 e. The minimum absolute atomic E-state index is 0.359. The molecule has 0 aliphatic rings. The van der Waals surface area contributed by atoms with Gasteiger partial charge in [-0.3, -0.25) is 4.79 Å². The number of halogens is 3. The highest BCUT2D eigenvalue weighted by atomic mass is 79.9. The van der Waals surface area contributed by atoms with Gasteiger partial charge in [-0.05, 0) is 22.0 Å². The molecule has 0 saturated carbocycles. The Morgan fingerprint density at radius 3 is 2.50 bits per heavy atom. The van der Waals surface area contributed by atoms with Crippen LogP contribution in [0.1, 0.15) is 0 Å². The number of hydrogen-bond acceptors (Lipinski definition) is 3. The third-order valence-electron chi connectivity index (χ3n) is 2.14. The highest BCUT2D eigenvalue weighted by Crippen LogP contribution is 2.28. The molecule has 0 bridgehead atoms. The lowest BCUT2D eigenvalue weighted by molar-refractivity contribution is -0.137. The Kier molecular flexibility index (Phi) is 5.21. The number of hydrogen-bond donors (Lipinski definition) is 1. The molecule has 108 valence electrons. The molecule has 1 rings (SSSR count). The summed E-state index contributed by atoms with van der Waals surface area (Å²) in [6, 6.07) is 1.14. The molecular formula is C11H8BrF2NO4S. The van der Waals surface area contributed by atoms with E-state index < -0.39 is 45.6 Å². The Bertz CT molecular complexity index is 661. The first-order valence-corrected chi connectivity index (χ1v) is 7.23. The van der Waals surface area contributed by atoms with Crippen molar-refractivity contribution in [3.8, 4) is 12.3 Å². The standard InChI is InChI=1S/C11H8BrF2NO4S/c1-2-3-15(6-10(16)17)20(18,19)11-8(12)4-7(13)5-9(11)14/h1,4-5H,3,6H2,(H,16,17). The van der Waals surface area contributed by atoms with Gasteiger partial charge in [0.05, 0.1) is 6.54 Å².